The van der Waals surface area contributed by atoms with Gasteiger partial charge in [0.2, 0.25) is 0 Å². The van der Waals surface area contributed by atoms with Crippen molar-refractivity contribution in [1.82, 2.24) is 4.98 Å². The summed E-state index contributed by atoms with van der Waals surface area (Å²) >= 11 is 0. The van der Waals surface area contributed by atoms with Gasteiger partial charge >= 0.3 is 0 Å². The summed E-state index contributed by atoms with van der Waals surface area (Å²) in [6.45, 7) is 5.67. The predicted octanol–water partition coefficient (Wildman–Crippen LogP) is 0.976. The van der Waals surface area contributed by atoms with Crippen molar-refractivity contribution in [2.45, 2.75) is 26.1 Å². The van der Waals surface area contributed by atoms with E-state index in [-0.39, 0.29) is 18.8 Å². The fraction of sp³-hybridized carbons (Fsp3) is 0.583. The minimum absolute atomic E-state index is 0.0622. The maximum Gasteiger partial charge on any atom is 0.131 e. The van der Waals surface area contributed by atoms with Crippen LogP contribution in [0.4, 0.5) is 5.82 Å². The Bertz CT molecular complexity index is 357. The summed E-state index contributed by atoms with van der Waals surface area (Å²) < 4.78 is 5.61. The molecule has 2 unspecified atom stereocenters. The summed E-state index contributed by atoms with van der Waals surface area (Å²) in [6.07, 6.45) is 1.83. The van der Waals surface area contributed by atoms with Gasteiger partial charge < -0.3 is 14.7 Å². The number of anilines is 1. The van der Waals surface area contributed by atoms with Crippen LogP contribution in [0.3, 0.4) is 0 Å². The quantitative estimate of drug-likeness (QED) is 0.810. The molecule has 1 aromatic heterocycles. The average molecular weight is 222 g/mol. The van der Waals surface area contributed by atoms with Crippen LogP contribution in [-0.2, 0) is 4.74 Å². The highest BCUT2D eigenvalue weighted by Gasteiger charge is 2.26. The standard InChI is InChI=1S/C12H18N2O2/c1-9-4-3-5-13-12(9)14-6-10(2)16-11(7-14)8-15/h3-5,10-11,15H,6-8H2,1-2H3. The fourth-order valence-corrected chi connectivity index (χ4v) is 2.13. The van der Waals surface area contributed by atoms with Gasteiger partial charge in [-0.3, -0.25) is 0 Å². The van der Waals surface area contributed by atoms with Gasteiger partial charge in [-0.1, -0.05) is 6.07 Å². The number of aliphatic hydroxyl groups excluding tert-OH is 1. The van der Waals surface area contributed by atoms with E-state index in [2.05, 4.69) is 22.9 Å². The topological polar surface area (TPSA) is 45.6 Å². The van der Waals surface area contributed by atoms with Crippen LogP contribution in [-0.4, -0.2) is 42.0 Å². The van der Waals surface area contributed by atoms with Crippen LogP contribution in [0.25, 0.3) is 0 Å². The lowest BCUT2D eigenvalue weighted by atomic mass is 10.2. The third-order valence-electron chi connectivity index (χ3n) is 2.81. The molecule has 1 aliphatic rings. The summed E-state index contributed by atoms with van der Waals surface area (Å²) in [7, 11) is 0. The van der Waals surface area contributed by atoms with Gasteiger partial charge in [-0.2, -0.15) is 0 Å². The van der Waals surface area contributed by atoms with Crippen LogP contribution in [0.1, 0.15) is 12.5 Å². The van der Waals surface area contributed by atoms with Crippen LogP contribution < -0.4 is 4.90 Å². The number of aliphatic hydroxyl groups is 1. The first-order chi connectivity index (χ1) is 7.70. The molecule has 0 spiro atoms. The number of aryl methyl sites for hydroxylation is 1. The summed E-state index contributed by atoms with van der Waals surface area (Å²) in [5.41, 5.74) is 1.16. The molecule has 1 N–H and O–H groups in total. The Labute approximate surface area is 95.9 Å². The summed E-state index contributed by atoms with van der Waals surface area (Å²) in [5, 5.41) is 9.17. The Morgan fingerprint density at radius 1 is 1.56 bits per heavy atom. The Balaban J connectivity index is 2.17. The molecule has 2 rings (SSSR count). The van der Waals surface area contributed by atoms with Crippen molar-refractivity contribution >= 4 is 5.82 Å². The zero-order valence-corrected chi connectivity index (χ0v) is 9.76. The third-order valence-corrected chi connectivity index (χ3v) is 2.81. The van der Waals surface area contributed by atoms with Crippen molar-refractivity contribution in [3.63, 3.8) is 0 Å². The molecule has 0 radical (unpaired) electrons. The second kappa shape index (κ2) is 4.80. The lowest BCUT2D eigenvalue weighted by molar-refractivity contribution is -0.0423. The number of nitrogens with zero attached hydrogens (tertiary/aromatic N) is 2. The van der Waals surface area contributed by atoms with E-state index in [9.17, 15) is 5.11 Å². The van der Waals surface area contributed by atoms with Crippen LogP contribution in [0, 0.1) is 6.92 Å². The lowest BCUT2D eigenvalue weighted by Crippen LogP contribution is -2.48. The molecule has 0 saturated carbocycles. The minimum atomic E-state index is -0.106. The molecular weight excluding hydrogens is 204 g/mol. The molecule has 2 heterocycles. The molecule has 1 aliphatic heterocycles. The van der Waals surface area contributed by atoms with Crippen molar-refractivity contribution in [1.29, 1.82) is 0 Å². The van der Waals surface area contributed by atoms with Crippen molar-refractivity contribution in [3.05, 3.63) is 23.9 Å². The van der Waals surface area contributed by atoms with Crippen molar-refractivity contribution in [2.24, 2.45) is 0 Å². The average Bonchev–Trinajstić information content (AvgIpc) is 2.28. The number of ether oxygens (including phenoxy) is 1. The maximum absolute atomic E-state index is 9.17. The van der Waals surface area contributed by atoms with Gasteiger partial charge in [-0.05, 0) is 25.5 Å². The van der Waals surface area contributed by atoms with E-state index in [0.717, 1.165) is 17.9 Å². The van der Waals surface area contributed by atoms with Gasteiger partial charge in [0, 0.05) is 19.3 Å². The first-order valence-electron chi connectivity index (χ1n) is 5.63. The number of morpholine rings is 1. The molecule has 0 aromatic carbocycles. The van der Waals surface area contributed by atoms with Crippen molar-refractivity contribution in [2.75, 3.05) is 24.6 Å². The maximum atomic E-state index is 9.17. The van der Waals surface area contributed by atoms with Crippen LogP contribution >= 0.6 is 0 Å². The third kappa shape index (κ3) is 2.33. The molecule has 16 heavy (non-hydrogen) atoms. The monoisotopic (exact) mass is 222 g/mol. The van der Waals surface area contributed by atoms with Crippen LogP contribution in [0.2, 0.25) is 0 Å². The molecule has 0 bridgehead atoms. The molecule has 4 heteroatoms. The van der Waals surface area contributed by atoms with Crippen LogP contribution in [0.5, 0.6) is 0 Å². The number of rotatable bonds is 2. The Hall–Kier alpha value is -1.13. The van der Waals surface area contributed by atoms with E-state index >= 15 is 0 Å². The molecule has 0 aliphatic carbocycles. The molecule has 2 atom stereocenters. The molecule has 1 aromatic rings. The number of hydrogen-bond acceptors (Lipinski definition) is 4. The second-order valence-corrected chi connectivity index (χ2v) is 4.30. The molecule has 1 saturated heterocycles. The van der Waals surface area contributed by atoms with Crippen molar-refractivity contribution in [3.8, 4) is 0 Å². The summed E-state index contributed by atoms with van der Waals surface area (Å²) in [5.74, 6) is 0.996. The molecule has 88 valence electrons. The van der Waals surface area contributed by atoms with E-state index in [1.165, 1.54) is 0 Å². The second-order valence-electron chi connectivity index (χ2n) is 4.30. The molecule has 1 fully saturated rings. The first-order valence-corrected chi connectivity index (χ1v) is 5.63. The van der Waals surface area contributed by atoms with E-state index in [1.807, 2.05) is 13.0 Å². The van der Waals surface area contributed by atoms with Gasteiger partial charge in [0.15, 0.2) is 0 Å². The van der Waals surface area contributed by atoms with Crippen molar-refractivity contribution < 1.29 is 9.84 Å². The van der Waals surface area contributed by atoms with E-state index in [4.69, 9.17) is 4.74 Å². The highest BCUT2D eigenvalue weighted by atomic mass is 16.5. The zero-order chi connectivity index (χ0) is 11.5. The molecular formula is C12H18N2O2. The van der Waals surface area contributed by atoms with Gasteiger partial charge in [-0.15, -0.1) is 0 Å². The smallest absolute Gasteiger partial charge is 0.131 e. The fourth-order valence-electron chi connectivity index (χ4n) is 2.13. The SMILES string of the molecule is Cc1cccnc1N1CC(C)OC(CO)C1. The normalized spacial score (nSPS) is 25.8. The number of aromatic nitrogens is 1. The highest BCUT2D eigenvalue weighted by molar-refractivity contribution is 5.46. The lowest BCUT2D eigenvalue weighted by Gasteiger charge is -2.37. The first kappa shape index (κ1) is 11.4. The van der Waals surface area contributed by atoms with E-state index in [0.29, 0.717) is 6.54 Å². The summed E-state index contributed by atoms with van der Waals surface area (Å²) in [4.78, 5) is 6.58. The van der Waals surface area contributed by atoms with E-state index < -0.39 is 0 Å². The Kier molecular flexibility index (Phi) is 3.41. The number of pyridine rings is 1. The largest absolute Gasteiger partial charge is 0.394 e. The Morgan fingerprint density at radius 2 is 2.38 bits per heavy atom. The number of hydrogen-bond donors (Lipinski definition) is 1. The molecule has 4 nitrogen and oxygen atoms in total. The Morgan fingerprint density at radius 3 is 3.06 bits per heavy atom. The predicted molar refractivity (Wildman–Crippen MR) is 62.6 cm³/mol. The molecule has 0 amide bonds. The van der Waals surface area contributed by atoms with Gasteiger partial charge in [0.25, 0.3) is 0 Å². The van der Waals surface area contributed by atoms with Gasteiger partial charge in [-0.25, -0.2) is 4.98 Å². The van der Waals surface area contributed by atoms with E-state index in [1.54, 1.807) is 6.20 Å². The minimum Gasteiger partial charge on any atom is -0.394 e. The van der Waals surface area contributed by atoms with Crippen LogP contribution in [0.15, 0.2) is 18.3 Å². The zero-order valence-electron chi connectivity index (χ0n) is 9.76. The highest BCUT2D eigenvalue weighted by Crippen LogP contribution is 2.21. The summed E-state index contributed by atoms with van der Waals surface area (Å²) in [6, 6.07) is 3.99. The van der Waals surface area contributed by atoms with Gasteiger partial charge in [0.1, 0.15) is 5.82 Å². The van der Waals surface area contributed by atoms with Gasteiger partial charge in [0.05, 0.1) is 18.8 Å².